The second-order valence-corrected chi connectivity index (χ2v) is 3.84. The zero-order valence-corrected chi connectivity index (χ0v) is 10.8. The van der Waals surface area contributed by atoms with Crippen molar-refractivity contribution < 1.29 is 21.7 Å². The molecule has 0 N–H and O–H groups in total. The fraction of sp³-hybridized carbons (Fsp3) is 0.333. The predicted molar refractivity (Wildman–Crippen MR) is 65.2 cm³/mol. The van der Waals surface area contributed by atoms with Crippen LogP contribution in [0.15, 0.2) is 43.0 Å². The summed E-state index contributed by atoms with van der Waals surface area (Å²) in [4.78, 5) is 16.2. The number of likely N-dealkylation sites (tertiary alicyclic amines) is 1. The number of hydrogen-bond donors (Lipinski definition) is 0. The minimum absolute atomic E-state index is 0. The third-order valence-electron chi connectivity index (χ3n) is 2.51. The largest absolute Gasteiger partial charge is 1.00 e. The molecule has 1 amide bonds. The molecule has 1 saturated heterocycles. The first-order valence-corrected chi connectivity index (χ1v) is 5.24. The number of nitrogens with zero attached hydrogens (tertiary/aromatic N) is 3. The van der Waals surface area contributed by atoms with E-state index in [1.807, 2.05) is 25.8 Å². The monoisotopic (exact) mass is 255 g/mol. The van der Waals surface area contributed by atoms with Crippen molar-refractivity contribution in [3.05, 3.63) is 38.0 Å². The van der Waals surface area contributed by atoms with Gasteiger partial charge in [0.1, 0.15) is 6.20 Å². The van der Waals surface area contributed by atoms with Gasteiger partial charge in [-0.3, -0.25) is 4.79 Å². The van der Waals surface area contributed by atoms with Crippen LogP contribution in [0, 0.1) is 0 Å². The predicted octanol–water partition coefficient (Wildman–Crippen LogP) is -1.15. The molecule has 0 aromatic carbocycles. The second-order valence-electron chi connectivity index (χ2n) is 3.84. The molecule has 0 aromatic rings. The van der Waals surface area contributed by atoms with Gasteiger partial charge in [0.25, 0.3) is 0 Å². The third kappa shape index (κ3) is 4.54. The quantitative estimate of drug-likeness (QED) is 0.574. The van der Waals surface area contributed by atoms with Crippen LogP contribution < -0.4 is 12.4 Å². The fourth-order valence-corrected chi connectivity index (χ4v) is 1.37. The van der Waals surface area contributed by atoms with Gasteiger partial charge in [0.2, 0.25) is 5.91 Å². The fourth-order valence-electron chi connectivity index (χ4n) is 1.37. The van der Waals surface area contributed by atoms with Crippen molar-refractivity contribution in [3.8, 4) is 0 Å². The van der Waals surface area contributed by atoms with E-state index >= 15 is 0 Å². The van der Waals surface area contributed by atoms with Crippen LogP contribution in [0.4, 0.5) is 0 Å². The summed E-state index contributed by atoms with van der Waals surface area (Å²) in [6, 6.07) is 0. The maximum Gasteiger partial charge on any atom is 0.226 e. The minimum Gasteiger partial charge on any atom is -1.00 e. The van der Waals surface area contributed by atoms with Gasteiger partial charge in [0.15, 0.2) is 6.34 Å². The highest BCUT2D eigenvalue weighted by molar-refractivity contribution is 5.78. The first-order chi connectivity index (χ1) is 7.61. The maximum atomic E-state index is 10.7. The number of halogens is 1. The Hall–Kier alpha value is -1.39. The number of rotatable bonds is 2. The van der Waals surface area contributed by atoms with Crippen molar-refractivity contribution >= 4 is 12.2 Å². The molecule has 0 saturated carbocycles. The van der Waals surface area contributed by atoms with Gasteiger partial charge in [-0.15, -0.1) is 0 Å². The zero-order chi connectivity index (χ0) is 12.0. The molecule has 2 rings (SSSR count). The summed E-state index contributed by atoms with van der Waals surface area (Å²) < 4.78 is 0.611. The van der Waals surface area contributed by atoms with E-state index in [1.54, 1.807) is 17.3 Å². The molecule has 17 heavy (non-hydrogen) atoms. The van der Waals surface area contributed by atoms with Crippen molar-refractivity contribution in [2.75, 3.05) is 13.6 Å². The van der Waals surface area contributed by atoms with Gasteiger partial charge < -0.3 is 17.3 Å². The highest BCUT2D eigenvalue weighted by Gasteiger charge is 2.16. The standard InChI is InChI=1S/C6H9N2.C6H9NO.ClH/c1-3-8(2)5-4-7-6-8;1-2-7-5-3-4-6(7)8;/h3-6H,1H2,2H3;2H,1,3-5H2;1H/q+1;;/p-1. The van der Waals surface area contributed by atoms with Crippen LogP contribution in [0.1, 0.15) is 12.8 Å². The van der Waals surface area contributed by atoms with Crippen LogP contribution in [0.5, 0.6) is 0 Å². The van der Waals surface area contributed by atoms with E-state index in [4.69, 9.17) is 0 Å². The van der Waals surface area contributed by atoms with Gasteiger partial charge in [-0.1, -0.05) is 6.58 Å². The smallest absolute Gasteiger partial charge is 0.226 e. The van der Waals surface area contributed by atoms with E-state index in [0.29, 0.717) is 10.9 Å². The molecular weight excluding hydrogens is 238 g/mol. The zero-order valence-electron chi connectivity index (χ0n) is 10.1. The van der Waals surface area contributed by atoms with Gasteiger partial charge in [-0.05, 0) is 19.2 Å². The normalized spacial score (nSPS) is 25.0. The van der Waals surface area contributed by atoms with E-state index < -0.39 is 0 Å². The van der Waals surface area contributed by atoms with Crippen molar-refractivity contribution in [1.82, 2.24) is 4.90 Å². The van der Waals surface area contributed by atoms with Gasteiger partial charge in [-0.25, -0.2) is 9.48 Å². The highest BCUT2D eigenvalue weighted by atomic mass is 35.5. The molecule has 0 bridgehead atoms. The Morgan fingerprint density at radius 3 is 2.47 bits per heavy atom. The molecule has 94 valence electrons. The van der Waals surface area contributed by atoms with Crippen LogP contribution in [0.2, 0.25) is 0 Å². The Morgan fingerprint density at radius 2 is 2.24 bits per heavy atom. The molecule has 2 heterocycles. The Balaban J connectivity index is 0.000000284. The molecular formula is C12H18ClN3O. The van der Waals surface area contributed by atoms with E-state index in [2.05, 4.69) is 18.2 Å². The van der Waals surface area contributed by atoms with Crippen LogP contribution in [-0.4, -0.2) is 35.2 Å². The average Bonchev–Trinajstić information content (AvgIpc) is 2.89. The molecule has 5 heteroatoms. The summed E-state index contributed by atoms with van der Waals surface area (Å²) in [6.07, 6.45) is 10.6. The van der Waals surface area contributed by atoms with E-state index in [9.17, 15) is 4.79 Å². The van der Waals surface area contributed by atoms with Gasteiger partial charge in [0.05, 0.1) is 19.4 Å². The Morgan fingerprint density at radius 1 is 1.53 bits per heavy atom. The number of hydrogen-bond acceptors (Lipinski definition) is 2. The molecule has 1 unspecified atom stereocenters. The number of carbonyl (C=O) groups is 1. The first kappa shape index (κ1) is 15.6. The van der Waals surface area contributed by atoms with Crippen LogP contribution in [0.3, 0.4) is 0 Å². The molecule has 0 spiro atoms. The summed E-state index contributed by atoms with van der Waals surface area (Å²) in [6.45, 7) is 8.01. The summed E-state index contributed by atoms with van der Waals surface area (Å²) in [5.74, 6) is 0.208. The Bertz CT molecular complexity index is 338. The van der Waals surface area contributed by atoms with Gasteiger partial charge >= 0.3 is 0 Å². The Labute approximate surface area is 109 Å². The third-order valence-corrected chi connectivity index (χ3v) is 2.51. The first-order valence-electron chi connectivity index (χ1n) is 5.24. The number of carbonyl (C=O) groups excluding carboxylic acids is 1. The summed E-state index contributed by atoms with van der Waals surface area (Å²) in [5, 5.41) is 0. The van der Waals surface area contributed by atoms with Crippen LogP contribution in [0.25, 0.3) is 0 Å². The van der Waals surface area contributed by atoms with Crippen molar-refractivity contribution in [1.29, 1.82) is 0 Å². The summed E-state index contributed by atoms with van der Waals surface area (Å²) in [7, 11) is 2.00. The average molecular weight is 256 g/mol. The van der Waals surface area contributed by atoms with Crippen molar-refractivity contribution in [2.24, 2.45) is 4.99 Å². The van der Waals surface area contributed by atoms with E-state index in [1.165, 1.54) is 0 Å². The molecule has 0 aromatic heterocycles. The molecule has 2 aliphatic rings. The van der Waals surface area contributed by atoms with E-state index in [0.717, 1.165) is 13.0 Å². The lowest BCUT2D eigenvalue weighted by Gasteiger charge is -2.13. The highest BCUT2D eigenvalue weighted by Crippen LogP contribution is 2.08. The molecule has 2 aliphatic heterocycles. The number of amides is 1. The van der Waals surface area contributed by atoms with Crippen molar-refractivity contribution in [2.45, 2.75) is 12.8 Å². The topological polar surface area (TPSA) is 32.7 Å². The van der Waals surface area contributed by atoms with Crippen LogP contribution >= 0.6 is 0 Å². The van der Waals surface area contributed by atoms with Crippen molar-refractivity contribution in [3.63, 3.8) is 0 Å². The SMILES string of the molecule is C=CN1CCCC1=O.C=C[N+]1(C)C=CN=C1.[Cl-]. The Kier molecular flexibility index (Phi) is 6.46. The maximum absolute atomic E-state index is 10.7. The lowest BCUT2D eigenvalue weighted by atomic mass is 10.4. The number of quaternary nitrogens is 1. The molecule has 1 atom stereocenters. The molecule has 0 radical (unpaired) electrons. The van der Waals surface area contributed by atoms with Crippen LogP contribution in [-0.2, 0) is 4.79 Å². The van der Waals surface area contributed by atoms with Gasteiger partial charge in [-0.2, -0.15) is 0 Å². The number of aliphatic imine (C=N–C) groups is 1. The summed E-state index contributed by atoms with van der Waals surface area (Å²) >= 11 is 0. The van der Waals surface area contributed by atoms with E-state index in [-0.39, 0.29) is 18.3 Å². The van der Waals surface area contributed by atoms with Gasteiger partial charge in [0, 0.05) is 13.0 Å². The summed E-state index contributed by atoms with van der Waals surface area (Å²) in [5.41, 5.74) is 0. The lowest BCUT2D eigenvalue weighted by Crippen LogP contribution is -3.00. The molecule has 1 fully saturated rings. The lowest BCUT2D eigenvalue weighted by molar-refractivity contribution is -0.696. The molecule has 0 aliphatic carbocycles. The second kappa shape index (κ2) is 7.04. The minimum atomic E-state index is 0. The molecule has 4 nitrogen and oxygen atoms in total.